The van der Waals surface area contributed by atoms with Crippen LogP contribution in [0.5, 0.6) is 11.6 Å². The summed E-state index contributed by atoms with van der Waals surface area (Å²) in [6.07, 6.45) is 5.86. The third-order valence-corrected chi connectivity index (χ3v) is 5.15. The number of nitrogens with zero attached hydrogens (tertiary/aromatic N) is 5. The molecule has 5 rings (SSSR count). The molecule has 3 aromatic heterocycles. The van der Waals surface area contributed by atoms with Crippen molar-refractivity contribution in [1.82, 2.24) is 24.7 Å². The summed E-state index contributed by atoms with van der Waals surface area (Å²) in [7, 11) is 0. The Balaban J connectivity index is 1.46. The van der Waals surface area contributed by atoms with Crippen LogP contribution < -0.4 is 4.74 Å². The van der Waals surface area contributed by atoms with E-state index >= 15 is 0 Å². The summed E-state index contributed by atoms with van der Waals surface area (Å²) in [4.78, 5) is 13.0. The Labute approximate surface area is 194 Å². The lowest BCUT2D eigenvalue weighted by Crippen LogP contribution is -2.05. The molecule has 0 fully saturated rings. The number of pyridine rings is 2. The maximum Gasteiger partial charge on any atom is 0.219 e. The summed E-state index contributed by atoms with van der Waals surface area (Å²) in [5, 5.41) is 4.72. The number of hydrogen-bond acceptors (Lipinski definition) is 5. The van der Waals surface area contributed by atoms with Crippen LogP contribution in [-0.2, 0) is 12.8 Å². The standard InChI is InChI=1S/C26H19F2N5O/c27-22-10-8-18(15-23(22)28)9-11-24-31-26(32-33(24)20-5-2-1-3-6-20)19-12-14-30-25(16-19)34-21-7-4-13-29-17-21/h1-8,10,12-17H,9,11H2. The van der Waals surface area contributed by atoms with Crippen molar-refractivity contribution in [2.45, 2.75) is 12.8 Å². The second-order valence-corrected chi connectivity index (χ2v) is 7.52. The van der Waals surface area contributed by atoms with Crippen LogP contribution in [0.3, 0.4) is 0 Å². The normalized spacial score (nSPS) is 10.9. The van der Waals surface area contributed by atoms with Crippen molar-refractivity contribution in [3.63, 3.8) is 0 Å². The highest BCUT2D eigenvalue weighted by molar-refractivity contribution is 5.56. The Morgan fingerprint density at radius 3 is 2.50 bits per heavy atom. The predicted molar refractivity (Wildman–Crippen MR) is 123 cm³/mol. The molecule has 0 unspecified atom stereocenters. The molecule has 5 aromatic rings. The number of aryl methyl sites for hydroxylation is 2. The van der Waals surface area contributed by atoms with Gasteiger partial charge in [0.2, 0.25) is 5.88 Å². The van der Waals surface area contributed by atoms with E-state index in [0.29, 0.717) is 41.7 Å². The summed E-state index contributed by atoms with van der Waals surface area (Å²) in [5.74, 6) is 0.438. The molecule has 2 aromatic carbocycles. The van der Waals surface area contributed by atoms with Crippen LogP contribution in [0.1, 0.15) is 11.4 Å². The highest BCUT2D eigenvalue weighted by Crippen LogP contribution is 2.25. The van der Waals surface area contributed by atoms with Crippen molar-refractivity contribution in [3.8, 4) is 28.7 Å². The summed E-state index contributed by atoms with van der Waals surface area (Å²) in [6.45, 7) is 0. The van der Waals surface area contributed by atoms with Gasteiger partial charge in [-0.1, -0.05) is 24.3 Å². The summed E-state index contributed by atoms with van der Waals surface area (Å²) in [6, 6.07) is 20.7. The Bertz CT molecular complexity index is 1410. The van der Waals surface area contributed by atoms with Gasteiger partial charge in [-0.05, 0) is 54.4 Å². The quantitative estimate of drug-likeness (QED) is 0.321. The zero-order valence-corrected chi connectivity index (χ0v) is 18.0. The number of para-hydroxylation sites is 1. The maximum atomic E-state index is 13.6. The number of hydrogen-bond donors (Lipinski definition) is 0. The van der Waals surface area contributed by atoms with Gasteiger partial charge in [0, 0.05) is 30.4 Å². The average Bonchev–Trinajstić information content (AvgIpc) is 3.30. The highest BCUT2D eigenvalue weighted by Gasteiger charge is 2.15. The summed E-state index contributed by atoms with van der Waals surface area (Å²) >= 11 is 0. The van der Waals surface area contributed by atoms with Gasteiger partial charge in [0.05, 0.1) is 11.9 Å². The molecule has 0 aliphatic carbocycles. The van der Waals surface area contributed by atoms with E-state index in [0.717, 1.165) is 17.3 Å². The van der Waals surface area contributed by atoms with Crippen LogP contribution in [0.15, 0.2) is 91.4 Å². The van der Waals surface area contributed by atoms with E-state index in [2.05, 4.69) is 9.97 Å². The molecule has 0 atom stereocenters. The monoisotopic (exact) mass is 455 g/mol. The van der Waals surface area contributed by atoms with Crippen molar-refractivity contribution in [2.24, 2.45) is 0 Å². The first-order valence-electron chi connectivity index (χ1n) is 10.7. The van der Waals surface area contributed by atoms with Gasteiger partial charge in [0.1, 0.15) is 11.6 Å². The minimum absolute atomic E-state index is 0.393. The van der Waals surface area contributed by atoms with Crippen molar-refractivity contribution in [1.29, 1.82) is 0 Å². The van der Waals surface area contributed by atoms with Crippen LogP contribution in [0, 0.1) is 11.6 Å². The number of benzene rings is 2. The molecule has 0 aliphatic rings. The van der Waals surface area contributed by atoms with Crippen LogP contribution in [0.25, 0.3) is 17.1 Å². The topological polar surface area (TPSA) is 65.7 Å². The van der Waals surface area contributed by atoms with Gasteiger partial charge in [0.25, 0.3) is 0 Å². The number of ether oxygens (including phenoxy) is 1. The Hall–Kier alpha value is -4.46. The van der Waals surface area contributed by atoms with Gasteiger partial charge in [-0.15, -0.1) is 5.10 Å². The minimum Gasteiger partial charge on any atom is -0.437 e. The third-order valence-electron chi connectivity index (χ3n) is 5.15. The van der Waals surface area contributed by atoms with Gasteiger partial charge >= 0.3 is 0 Å². The van der Waals surface area contributed by atoms with Crippen molar-refractivity contribution < 1.29 is 13.5 Å². The molecule has 0 amide bonds. The second-order valence-electron chi connectivity index (χ2n) is 7.52. The molecule has 3 heterocycles. The Morgan fingerprint density at radius 2 is 1.71 bits per heavy atom. The maximum absolute atomic E-state index is 13.6. The fourth-order valence-electron chi connectivity index (χ4n) is 3.49. The molecule has 34 heavy (non-hydrogen) atoms. The molecule has 168 valence electrons. The van der Waals surface area contributed by atoms with E-state index < -0.39 is 11.6 Å². The van der Waals surface area contributed by atoms with Gasteiger partial charge in [-0.25, -0.2) is 23.4 Å². The zero-order valence-electron chi connectivity index (χ0n) is 18.0. The molecule has 0 N–H and O–H groups in total. The fraction of sp³-hybridized carbons (Fsp3) is 0.0769. The van der Waals surface area contributed by atoms with Crippen molar-refractivity contribution >= 4 is 0 Å². The molecule has 0 radical (unpaired) electrons. The largest absolute Gasteiger partial charge is 0.437 e. The molecule has 0 spiro atoms. The number of halogens is 2. The lowest BCUT2D eigenvalue weighted by atomic mass is 10.1. The molecule has 0 aliphatic heterocycles. The van der Waals surface area contributed by atoms with Gasteiger partial charge < -0.3 is 4.74 Å². The first kappa shape index (κ1) is 21.4. The van der Waals surface area contributed by atoms with Crippen LogP contribution in [0.4, 0.5) is 8.78 Å². The van der Waals surface area contributed by atoms with E-state index in [1.807, 2.05) is 30.3 Å². The Kier molecular flexibility index (Phi) is 6.03. The van der Waals surface area contributed by atoms with Gasteiger partial charge in [-0.3, -0.25) is 4.98 Å². The van der Waals surface area contributed by atoms with E-state index in [9.17, 15) is 8.78 Å². The smallest absolute Gasteiger partial charge is 0.219 e. The van der Waals surface area contributed by atoms with Crippen LogP contribution in [-0.4, -0.2) is 24.7 Å². The zero-order chi connectivity index (χ0) is 23.3. The summed E-state index contributed by atoms with van der Waals surface area (Å²) in [5.41, 5.74) is 2.26. The average molecular weight is 455 g/mol. The van der Waals surface area contributed by atoms with Crippen molar-refractivity contribution in [2.75, 3.05) is 0 Å². The van der Waals surface area contributed by atoms with Gasteiger partial charge in [0.15, 0.2) is 17.5 Å². The molecule has 0 bridgehead atoms. The minimum atomic E-state index is -0.861. The van der Waals surface area contributed by atoms with E-state index in [1.54, 1.807) is 53.6 Å². The van der Waals surface area contributed by atoms with Gasteiger partial charge in [-0.2, -0.15) is 0 Å². The van der Waals surface area contributed by atoms with E-state index in [-0.39, 0.29) is 0 Å². The van der Waals surface area contributed by atoms with Crippen LogP contribution in [0.2, 0.25) is 0 Å². The molecular formula is C26H19F2N5O. The summed E-state index contributed by atoms with van der Waals surface area (Å²) < 4.78 is 34.5. The van der Waals surface area contributed by atoms with Crippen molar-refractivity contribution in [3.05, 3.63) is 114 Å². The van der Waals surface area contributed by atoms with E-state index in [1.165, 1.54) is 6.07 Å². The third kappa shape index (κ3) is 4.80. The molecule has 0 saturated carbocycles. The fourth-order valence-corrected chi connectivity index (χ4v) is 3.49. The Morgan fingerprint density at radius 1 is 0.824 bits per heavy atom. The lowest BCUT2D eigenvalue weighted by molar-refractivity contribution is 0.461. The highest BCUT2D eigenvalue weighted by atomic mass is 19.2. The first-order chi connectivity index (χ1) is 16.7. The molecule has 6 nitrogen and oxygen atoms in total. The molecule has 0 saturated heterocycles. The number of rotatable bonds is 7. The van der Waals surface area contributed by atoms with Crippen LogP contribution >= 0.6 is 0 Å². The SMILES string of the molecule is Fc1ccc(CCc2nc(-c3ccnc(Oc4cccnc4)c3)nn2-c2ccccc2)cc1F. The first-order valence-corrected chi connectivity index (χ1v) is 10.7. The lowest BCUT2D eigenvalue weighted by Gasteiger charge is -2.06. The molecular weight excluding hydrogens is 436 g/mol. The predicted octanol–water partition coefficient (Wildman–Crippen LogP) is 5.58. The molecule has 8 heteroatoms. The second kappa shape index (κ2) is 9.58. The number of aromatic nitrogens is 5. The van der Waals surface area contributed by atoms with E-state index in [4.69, 9.17) is 14.8 Å².